The van der Waals surface area contributed by atoms with Crippen LogP contribution in [-0.4, -0.2) is 10.3 Å². The number of thiol groups is 1. The van der Waals surface area contributed by atoms with E-state index in [0.717, 1.165) is 11.3 Å². The fourth-order valence-electron chi connectivity index (χ4n) is 1.19. The van der Waals surface area contributed by atoms with Crippen LogP contribution in [-0.2, 0) is 6.54 Å². The van der Waals surface area contributed by atoms with E-state index in [1.807, 2.05) is 24.3 Å². The van der Waals surface area contributed by atoms with Crippen molar-refractivity contribution in [3.05, 3.63) is 29.8 Å². The molecule has 3 nitrogen and oxygen atoms in total. The Morgan fingerprint density at radius 1 is 1.42 bits per heavy atom. The Morgan fingerprint density at radius 2 is 2.17 bits per heavy atom. The van der Waals surface area contributed by atoms with E-state index in [0.29, 0.717) is 6.54 Å². The maximum absolute atomic E-state index is 11.1. The second-order valence-electron chi connectivity index (χ2n) is 2.64. The van der Waals surface area contributed by atoms with Gasteiger partial charge in [-0.05, 0) is 11.6 Å². The van der Waals surface area contributed by atoms with Gasteiger partial charge in [0.25, 0.3) is 0 Å². The number of nitrogens with zero attached hydrogens (tertiary/aromatic N) is 1. The summed E-state index contributed by atoms with van der Waals surface area (Å²) in [6.07, 6.45) is 0. The number of carbonyl (C=O) groups is 1. The Bertz CT molecular complexity index is 327. The first-order valence-electron chi connectivity index (χ1n) is 3.62. The van der Waals surface area contributed by atoms with E-state index in [1.165, 1.54) is 4.31 Å². The molecule has 62 valence electrons. The average molecular weight is 180 g/mol. The minimum absolute atomic E-state index is 0.169. The Hall–Kier alpha value is -1.16. The van der Waals surface area contributed by atoms with E-state index >= 15 is 0 Å². The number of urea groups is 1. The van der Waals surface area contributed by atoms with Crippen LogP contribution in [0.2, 0.25) is 0 Å². The molecule has 0 aliphatic carbocycles. The van der Waals surface area contributed by atoms with Gasteiger partial charge in [-0.1, -0.05) is 31.0 Å². The zero-order valence-electron chi connectivity index (χ0n) is 6.32. The van der Waals surface area contributed by atoms with Crippen molar-refractivity contribution in [3.8, 4) is 0 Å². The normalized spacial score (nSPS) is 15.4. The van der Waals surface area contributed by atoms with Crippen LogP contribution in [0.5, 0.6) is 0 Å². The fourth-order valence-corrected chi connectivity index (χ4v) is 1.40. The van der Waals surface area contributed by atoms with E-state index in [2.05, 4.69) is 18.1 Å². The van der Waals surface area contributed by atoms with E-state index in [9.17, 15) is 4.79 Å². The molecule has 1 aliphatic heterocycles. The molecule has 0 radical (unpaired) electrons. The van der Waals surface area contributed by atoms with Crippen molar-refractivity contribution in [1.82, 2.24) is 4.31 Å². The highest BCUT2D eigenvalue weighted by Crippen LogP contribution is 2.23. The maximum atomic E-state index is 11.1. The zero-order chi connectivity index (χ0) is 8.55. The van der Waals surface area contributed by atoms with Gasteiger partial charge in [0, 0.05) is 5.69 Å². The van der Waals surface area contributed by atoms with E-state index in [1.54, 1.807) is 0 Å². The molecule has 2 amide bonds. The lowest BCUT2D eigenvalue weighted by atomic mass is 10.1. The molecule has 0 fully saturated rings. The van der Waals surface area contributed by atoms with Crippen molar-refractivity contribution >= 4 is 24.5 Å². The van der Waals surface area contributed by atoms with Crippen LogP contribution >= 0.6 is 12.8 Å². The Labute approximate surface area is 75.9 Å². The van der Waals surface area contributed by atoms with Crippen molar-refractivity contribution in [2.45, 2.75) is 6.54 Å². The third kappa shape index (κ3) is 1.14. The summed E-state index contributed by atoms with van der Waals surface area (Å²) in [5.41, 5.74) is 1.97. The highest BCUT2D eigenvalue weighted by Gasteiger charge is 2.18. The number of anilines is 1. The first kappa shape index (κ1) is 7.49. The molecular formula is C8H8N2OS. The maximum Gasteiger partial charge on any atom is 0.331 e. The van der Waals surface area contributed by atoms with Gasteiger partial charge in [-0.2, -0.15) is 0 Å². The van der Waals surface area contributed by atoms with Crippen molar-refractivity contribution in [2.24, 2.45) is 0 Å². The summed E-state index contributed by atoms with van der Waals surface area (Å²) in [5, 5.41) is 2.72. The van der Waals surface area contributed by atoms with Gasteiger partial charge in [0.1, 0.15) is 0 Å². The number of fused-ring (bicyclic) bond motifs is 1. The Balaban J connectivity index is 2.40. The quantitative estimate of drug-likeness (QED) is 0.587. The van der Waals surface area contributed by atoms with Crippen LogP contribution < -0.4 is 5.32 Å². The van der Waals surface area contributed by atoms with E-state index < -0.39 is 0 Å². The summed E-state index contributed by atoms with van der Waals surface area (Å²) in [5.74, 6) is 0. The van der Waals surface area contributed by atoms with Gasteiger partial charge in [0.05, 0.1) is 6.54 Å². The lowest BCUT2D eigenvalue weighted by Gasteiger charge is -2.24. The number of amides is 2. The predicted octanol–water partition coefficient (Wildman–Crippen LogP) is 1.88. The van der Waals surface area contributed by atoms with Gasteiger partial charge >= 0.3 is 6.03 Å². The molecular weight excluding hydrogens is 172 g/mol. The number of carbonyl (C=O) groups excluding carboxylic acids is 1. The fraction of sp³-hybridized carbons (Fsp3) is 0.125. The molecule has 1 aromatic carbocycles. The summed E-state index contributed by atoms with van der Waals surface area (Å²) in [6.45, 7) is 0.561. The van der Waals surface area contributed by atoms with Gasteiger partial charge in [0.2, 0.25) is 0 Å². The molecule has 1 heterocycles. The minimum Gasteiger partial charge on any atom is -0.307 e. The highest BCUT2D eigenvalue weighted by atomic mass is 32.1. The largest absolute Gasteiger partial charge is 0.331 e. The summed E-state index contributed by atoms with van der Waals surface area (Å²) < 4.78 is 1.35. The molecule has 0 bridgehead atoms. The number of para-hydroxylation sites is 1. The van der Waals surface area contributed by atoms with Crippen LogP contribution in [0.3, 0.4) is 0 Å². The molecule has 1 aliphatic rings. The highest BCUT2D eigenvalue weighted by molar-refractivity contribution is 7.78. The Morgan fingerprint density at radius 3 is 3.00 bits per heavy atom. The first-order chi connectivity index (χ1) is 5.77. The number of benzene rings is 1. The second kappa shape index (κ2) is 2.71. The number of hydrogen-bond acceptors (Lipinski definition) is 2. The zero-order valence-corrected chi connectivity index (χ0v) is 7.21. The summed E-state index contributed by atoms with van der Waals surface area (Å²) in [7, 11) is 0. The molecule has 0 spiro atoms. The molecule has 4 heteroatoms. The van der Waals surface area contributed by atoms with Crippen LogP contribution in [0.15, 0.2) is 24.3 Å². The standard InChI is InChI=1S/C8H8N2OS/c11-8-9-7-4-2-1-3-6(7)5-10(8)12/h1-4,12H,5H2,(H,9,11). The molecule has 0 unspecified atom stereocenters. The smallest absolute Gasteiger partial charge is 0.307 e. The predicted molar refractivity (Wildman–Crippen MR) is 50.0 cm³/mol. The second-order valence-corrected chi connectivity index (χ2v) is 3.13. The van der Waals surface area contributed by atoms with Crippen molar-refractivity contribution in [2.75, 3.05) is 5.32 Å². The third-order valence-electron chi connectivity index (χ3n) is 1.81. The molecule has 0 saturated carbocycles. The van der Waals surface area contributed by atoms with Crippen LogP contribution in [0, 0.1) is 0 Å². The molecule has 0 aromatic heterocycles. The first-order valence-corrected chi connectivity index (χ1v) is 4.02. The van der Waals surface area contributed by atoms with Crippen LogP contribution in [0.25, 0.3) is 0 Å². The van der Waals surface area contributed by atoms with Gasteiger partial charge in [-0.25, -0.2) is 4.79 Å². The van der Waals surface area contributed by atoms with Crippen LogP contribution in [0.1, 0.15) is 5.56 Å². The number of hydrogen-bond donors (Lipinski definition) is 2. The van der Waals surface area contributed by atoms with Gasteiger partial charge in [-0.3, -0.25) is 4.31 Å². The topological polar surface area (TPSA) is 32.3 Å². The van der Waals surface area contributed by atoms with Gasteiger partial charge in [-0.15, -0.1) is 0 Å². The van der Waals surface area contributed by atoms with Crippen molar-refractivity contribution in [3.63, 3.8) is 0 Å². The third-order valence-corrected chi connectivity index (χ3v) is 2.14. The molecule has 0 saturated heterocycles. The lowest BCUT2D eigenvalue weighted by Crippen LogP contribution is -2.31. The SMILES string of the molecule is O=C1Nc2ccccc2CN1S. The van der Waals surface area contributed by atoms with E-state index in [4.69, 9.17) is 0 Å². The Kier molecular flexibility index (Phi) is 1.69. The molecule has 2 rings (SSSR count). The summed E-state index contributed by atoms with van der Waals surface area (Å²) >= 11 is 4.00. The monoisotopic (exact) mass is 180 g/mol. The molecule has 12 heavy (non-hydrogen) atoms. The number of nitrogens with one attached hydrogen (secondary N) is 1. The van der Waals surface area contributed by atoms with E-state index in [-0.39, 0.29) is 6.03 Å². The van der Waals surface area contributed by atoms with Crippen molar-refractivity contribution in [1.29, 1.82) is 0 Å². The van der Waals surface area contributed by atoms with Crippen LogP contribution in [0.4, 0.5) is 10.5 Å². The minimum atomic E-state index is -0.169. The summed E-state index contributed by atoms with van der Waals surface area (Å²) in [6, 6.07) is 7.52. The molecule has 1 aromatic rings. The molecule has 0 atom stereocenters. The average Bonchev–Trinajstić information content (AvgIpc) is 2.07. The number of rotatable bonds is 0. The van der Waals surface area contributed by atoms with Gasteiger partial charge < -0.3 is 5.32 Å². The molecule has 1 N–H and O–H groups in total. The van der Waals surface area contributed by atoms with Crippen molar-refractivity contribution < 1.29 is 4.79 Å². The van der Waals surface area contributed by atoms with Gasteiger partial charge in [0.15, 0.2) is 0 Å². The summed E-state index contributed by atoms with van der Waals surface area (Å²) in [4.78, 5) is 11.1. The lowest BCUT2D eigenvalue weighted by molar-refractivity contribution is 0.236.